The Hall–Kier alpha value is -0.770. The fourth-order valence-electron chi connectivity index (χ4n) is 0.662. The van der Waals surface area contributed by atoms with Crippen LogP contribution in [0.1, 0.15) is 19.8 Å². The number of hydrogen-bond donors (Lipinski definition) is 3. The van der Waals surface area contributed by atoms with E-state index in [1.807, 2.05) is 6.92 Å². The van der Waals surface area contributed by atoms with E-state index < -0.39 is 0 Å². The van der Waals surface area contributed by atoms with Crippen molar-refractivity contribution in [3.63, 3.8) is 0 Å². The van der Waals surface area contributed by atoms with Crippen molar-refractivity contribution >= 4 is 6.03 Å². The summed E-state index contributed by atoms with van der Waals surface area (Å²) >= 11 is 0. The van der Waals surface area contributed by atoms with E-state index in [1.165, 1.54) is 0 Å². The van der Waals surface area contributed by atoms with E-state index in [0.29, 0.717) is 13.1 Å². The van der Waals surface area contributed by atoms with Crippen LogP contribution in [0.2, 0.25) is 0 Å². The van der Waals surface area contributed by atoms with Gasteiger partial charge in [0.15, 0.2) is 0 Å². The number of amides is 2. The van der Waals surface area contributed by atoms with Gasteiger partial charge in [-0.25, -0.2) is 4.79 Å². The molecule has 2 amide bonds. The number of hydrogen-bond acceptors (Lipinski definition) is 2. The molecular formula is C7H16N2O2. The lowest BCUT2D eigenvalue weighted by molar-refractivity contribution is 0.240. The first kappa shape index (κ1) is 10.2. The van der Waals surface area contributed by atoms with Gasteiger partial charge < -0.3 is 15.7 Å². The molecule has 0 rings (SSSR count). The number of carbonyl (C=O) groups is 1. The molecule has 66 valence electrons. The van der Waals surface area contributed by atoms with Gasteiger partial charge in [0.1, 0.15) is 0 Å². The molecule has 3 N–H and O–H groups in total. The van der Waals surface area contributed by atoms with E-state index in [1.54, 1.807) is 0 Å². The molecule has 0 atom stereocenters. The number of rotatable bonds is 5. The first-order valence-electron chi connectivity index (χ1n) is 3.93. The molecule has 0 aromatic carbocycles. The van der Waals surface area contributed by atoms with Gasteiger partial charge in [0.2, 0.25) is 0 Å². The molecule has 0 saturated heterocycles. The van der Waals surface area contributed by atoms with Crippen LogP contribution in [-0.2, 0) is 0 Å². The number of aliphatic hydroxyl groups excluding tert-OH is 1. The second kappa shape index (κ2) is 7.34. The molecule has 0 fully saturated rings. The van der Waals surface area contributed by atoms with Crippen LogP contribution in [0.25, 0.3) is 0 Å². The number of nitrogens with one attached hydrogen (secondary N) is 2. The highest BCUT2D eigenvalue weighted by Crippen LogP contribution is 1.82. The molecule has 0 aliphatic carbocycles. The third kappa shape index (κ3) is 7.12. The van der Waals surface area contributed by atoms with Gasteiger partial charge in [0, 0.05) is 19.7 Å². The summed E-state index contributed by atoms with van der Waals surface area (Å²) in [5, 5.41) is 13.7. The van der Waals surface area contributed by atoms with Crippen molar-refractivity contribution in [3.8, 4) is 0 Å². The fraction of sp³-hybridized carbons (Fsp3) is 0.857. The molecule has 4 nitrogen and oxygen atoms in total. The van der Waals surface area contributed by atoms with E-state index in [2.05, 4.69) is 10.6 Å². The molecule has 4 heteroatoms. The van der Waals surface area contributed by atoms with Gasteiger partial charge in [0.05, 0.1) is 0 Å². The molecule has 0 saturated carbocycles. The lowest BCUT2D eigenvalue weighted by atomic mass is 10.3. The summed E-state index contributed by atoms with van der Waals surface area (Å²) < 4.78 is 0. The Morgan fingerprint density at radius 3 is 2.64 bits per heavy atom. The Morgan fingerprint density at radius 2 is 2.09 bits per heavy atom. The van der Waals surface area contributed by atoms with Crippen molar-refractivity contribution in [2.24, 2.45) is 0 Å². The van der Waals surface area contributed by atoms with Crippen molar-refractivity contribution in [1.29, 1.82) is 0 Å². The third-order valence-corrected chi connectivity index (χ3v) is 1.21. The molecular weight excluding hydrogens is 144 g/mol. The Bertz CT molecular complexity index is 107. The smallest absolute Gasteiger partial charge is 0.314 e. The zero-order valence-corrected chi connectivity index (χ0v) is 6.89. The zero-order valence-electron chi connectivity index (χ0n) is 6.89. The van der Waals surface area contributed by atoms with Crippen molar-refractivity contribution in [1.82, 2.24) is 10.6 Å². The van der Waals surface area contributed by atoms with Crippen LogP contribution in [0.4, 0.5) is 4.79 Å². The van der Waals surface area contributed by atoms with Crippen LogP contribution in [0.5, 0.6) is 0 Å². The van der Waals surface area contributed by atoms with E-state index in [-0.39, 0.29) is 12.6 Å². The van der Waals surface area contributed by atoms with Gasteiger partial charge in [-0.2, -0.15) is 0 Å². The van der Waals surface area contributed by atoms with Gasteiger partial charge in [-0.15, -0.1) is 0 Å². The maximum absolute atomic E-state index is 10.7. The minimum atomic E-state index is -0.134. The number of carbonyl (C=O) groups excluding carboxylic acids is 1. The zero-order chi connectivity index (χ0) is 8.53. The molecule has 0 bridgehead atoms. The average molecular weight is 160 g/mol. The van der Waals surface area contributed by atoms with Crippen LogP contribution in [-0.4, -0.2) is 30.8 Å². The van der Waals surface area contributed by atoms with E-state index in [9.17, 15) is 4.79 Å². The van der Waals surface area contributed by atoms with E-state index in [4.69, 9.17) is 5.11 Å². The van der Waals surface area contributed by atoms with Gasteiger partial charge in [0.25, 0.3) is 0 Å². The molecule has 11 heavy (non-hydrogen) atoms. The lowest BCUT2D eigenvalue weighted by Gasteiger charge is -2.03. The van der Waals surface area contributed by atoms with Gasteiger partial charge in [-0.1, -0.05) is 0 Å². The normalized spacial score (nSPS) is 9.27. The molecule has 0 heterocycles. The highest BCUT2D eigenvalue weighted by atomic mass is 16.2. The summed E-state index contributed by atoms with van der Waals surface area (Å²) in [5.74, 6) is 0. The topological polar surface area (TPSA) is 61.4 Å². The minimum Gasteiger partial charge on any atom is -0.396 e. The van der Waals surface area contributed by atoms with Crippen LogP contribution in [0.3, 0.4) is 0 Å². The summed E-state index contributed by atoms with van der Waals surface area (Å²) in [7, 11) is 0. The second-order valence-electron chi connectivity index (χ2n) is 2.22. The summed E-state index contributed by atoms with van der Waals surface area (Å²) in [4.78, 5) is 10.7. The highest BCUT2D eigenvalue weighted by Gasteiger charge is 1.94. The van der Waals surface area contributed by atoms with Crippen LogP contribution < -0.4 is 10.6 Å². The highest BCUT2D eigenvalue weighted by molar-refractivity contribution is 5.73. The first-order chi connectivity index (χ1) is 5.31. The molecule has 0 unspecified atom stereocenters. The van der Waals surface area contributed by atoms with Crippen molar-refractivity contribution in [2.45, 2.75) is 19.8 Å². The Balaban J connectivity index is 3.04. The second-order valence-corrected chi connectivity index (χ2v) is 2.22. The average Bonchev–Trinajstić information content (AvgIpc) is 1.99. The molecule has 0 aromatic heterocycles. The van der Waals surface area contributed by atoms with E-state index in [0.717, 1.165) is 12.8 Å². The summed E-state index contributed by atoms with van der Waals surface area (Å²) in [5.41, 5.74) is 0. The standard InChI is InChI=1S/C7H16N2O2/c1-2-8-7(11)9-5-3-4-6-10/h10H,2-6H2,1H3,(H2,8,9,11). The molecule has 0 aliphatic rings. The maximum atomic E-state index is 10.7. The first-order valence-corrected chi connectivity index (χ1v) is 3.93. The predicted octanol–water partition coefficient (Wildman–Crippen LogP) is 0.0780. The largest absolute Gasteiger partial charge is 0.396 e. The number of aliphatic hydroxyl groups is 1. The van der Waals surface area contributed by atoms with Gasteiger partial charge in [-0.3, -0.25) is 0 Å². The summed E-state index contributed by atoms with van der Waals surface area (Å²) in [6.07, 6.45) is 1.57. The lowest BCUT2D eigenvalue weighted by Crippen LogP contribution is -2.35. The van der Waals surface area contributed by atoms with Crippen molar-refractivity contribution in [3.05, 3.63) is 0 Å². The predicted molar refractivity (Wildman–Crippen MR) is 43.4 cm³/mol. The van der Waals surface area contributed by atoms with Crippen molar-refractivity contribution < 1.29 is 9.90 Å². The molecule has 0 aromatic rings. The Morgan fingerprint density at radius 1 is 1.36 bits per heavy atom. The Kier molecular flexibility index (Phi) is 6.82. The van der Waals surface area contributed by atoms with Gasteiger partial charge >= 0.3 is 6.03 Å². The fourth-order valence-corrected chi connectivity index (χ4v) is 0.662. The van der Waals surface area contributed by atoms with Crippen LogP contribution >= 0.6 is 0 Å². The Labute approximate surface area is 67.0 Å². The third-order valence-electron chi connectivity index (χ3n) is 1.21. The quantitative estimate of drug-likeness (QED) is 0.499. The summed E-state index contributed by atoms with van der Waals surface area (Å²) in [6, 6.07) is -0.134. The molecule has 0 spiro atoms. The minimum absolute atomic E-state index is 0.134. The molecule has 0 aliphatic heterocycles. The monoisotopic (exact) mass is 160 g/mol. The summed E-state index contributed by atoms with van der Waals surface area (Å²) in [6.45, 7) is 3.34. The van der Waals surface area contributed by atoms with Crippen LogP contribution in [0, 0.1) is 0 Å². The van der Waals surface area contributed by atoms with Gasteiger partial charge in [-0.05, 0) is 19.8 Å². The molecule has 0 radical (unpaired) electrons. The maximum Gasteiger partial charge on any atom is 0.314 e. The van der Waals surface area contributed by atoms with Crippen molar-refractivity contribution in [2.75, 3.05) is 19.7 Å². The number of urea groups is 1. The SMILES string of the molecule is CCNC(=O)NCCCCO. The van der Waals surface area contributed by atoms with Crippen LogP contribution in [0.15, 0.2) is 0 Å². The van der Waals surface area contributed by atoms with E-state index >= 15 is 0 Å². The number of unbranched alkanes of at least 4 members (excludes halogenated alkanes) is 1.